The maximum absolute atomic E-state index is 12.4. The van der Waals surface area contributed by atoms with Crippen LogP contribution in [-0.4, -0.2) is 40.1 Å². The summed E-state index contributed by atoms with van der Waals surface area (Å²) in [5.41, 5.74) is 2.74. The van der Waals surface area contributed by atoms with Gasteiger partial charge in [0.25, 0.3) is 5.91 Å². The SMILES string of the molecule is CCCn1c(CN2CCCCCC2)nc2cc(NC(=O)COc3ccccc3Cl)ccc21. The Labute approximate surface area is 194 Å². The highest BCUT2D eigenvalue weighted by Crippen LogP contribution is 2.24. The van der Waals surface area contributed by atoms with E-state index in [2.05, 4.69) is 27.8 Å². The number of imidazole rings is 1. The number of ether oxygens (including phenoxy) is 1. The summed E-state index contributed by atoms with van der Waals surface area (Å²) >= 11 is 6.08. The molecule has 2 aromatic carbocycles. The standard InChI is InChI=1S/C25H31ClN4O2/c1-2-13-30-22-12-11-19(27-25(31)18-32-23-10-6-5-9-20(23)26)16-21(22)28-24(30)17-29-14-7-3-4-8-15-29/h5-6,9-12,16H,2-4,7-8,13-15,17-18H2,1H3,(H,27,31). The second-order valence-electron chi connectivity index (χ2n) is 8.34. The molecule has 0 radical (unpaired) electrons. The third-order valence-electron chi connectivity index (χ3n) is 5.82. The number of aromatic nitrogens is 2. The average molecular weight is 455 g/mol. The van der Waals surface area contributed by atoms with Crippen molar-refractivity contribution in [3.05, 3.63) is 53.3 Å². The summed E-state index contributed by atoms with van der Waals surface area (Å²) in [6.45, 7) is 6.19. The fourth-order valence-corrected chi connectivity index (χ4v) is 4.44. The van der Waals surface area contributed by atoms with E-state index < -0.39 is 0 Å². The molecule has 2 heterocycles. The third-order valence-corrected chi connectivity index (χ3v) is 6.13. The number of hydrogen-bond donors (Lipinski definition) is 1. The minimum Gasteiger partial charge on any atom is -0.482 e. The summed E-state index contributed by atoms with van der Waals surface area (Å²) in [4.78, 5) is 19.9. The van der Waals surface area contributed by atoms with Crippen molar-refractivity contribution in [1.82, 2.24) is 14.5 Å². The molecule has 4 rings (SSSR count). The smallest absolute Gasteiger partial charge is 0.262 e. The predicted octanol–water partition coefficient (Wildman–Crippen LogP) is 5.49. The van der Waals surface area contributed by atoms with Gasteiger partial charge in [-0.1, -0.05) is 43.5 Å². The van der Waals surface area contributed by atoms with Crippen LogP contribution >= 0.6 is 11.6 Å². The van der Waals surface area contributed by atoms with Crippen LogP contribution in [0.2, 0.25) is 5.02 Å². The number of hydrogen-bond acceptors (Lipinski definition) is 4. The van der Waals surface area contributed by atoms with Crippen LogP contribution in [0.4, 0.5) is 5.69 Å². The van der Waals surface area contributed by atoms with E-state index >= 15 is 0 Å². The van der Waals surface area contributed by atoms with E-state index in [1.54, 1.807) is 12.1 Å². The molecule has 1 fully saturated rings. The summed E-state index contributed by atoms with van der Waals surface area (Å²) < 4.78 is 7.86. The zero-order valence-electron chi connectivity index (χ0n) is 18.6. The molecule has 0 atom stereocenters. The summed E-state index contributed by atoms with van der Waals surface area (Å²) in [5, 5.41) is 3.39. The van der Waals surface area contributed by atoms with Crippen LogP contribution < -0.4 is 10.1 Å². The van der Waals surface area contributed by atoms with Gasteiger partial charge in [0.2, 0.25) is 0 Å². The quantitative estimate of drug-likeness (QED) is 0.488. The molecule has 1 aliphatic rings. The maximum Gasteiger partial charge on any atom is 0.262 e. The minimum atomic E-state index is -0.234. The first-order valence-electron chi connectivity index (χ1n) is 11.5. The van der Waals surface area contributed by atoms with E-state index in [0.29, 0.717) is 16.5 Å². The van der Waals surface area contributed by atoms with Crippen LogP contribution in [0.15, 0.2) is 42.5 Å². The molecule has 1 N–H and O–H groups in total. The molecule has 3 aromatic rings. The molecular formula is C25H31ClN4O2. The van der Waals surface area contributed by atoms with Crippen molar-refractivity contribution >= 4 is 34.2 Å². The molecule has 6 nitrogen and oxygen atoms in total. The van der Waals surface area contributed by atoms with E-state index in [-0.39, 0.29) is 12.5 Å². The highest BCUT2D eigenvalue weighted by molar-refractivity contribution is 6.32. The highest BCUT2D eigenvalue weighted by atomic mass is 35.5. The Balaban J connectivity index is 1.46. The van der Waals surface area contributed by atoms with Gasteiger partial charge in [0.1, 0.15) is 11.6 Å². The lowest BCUT2D eigenvalue weighted by atomic mass is 10.2. The van der Waals surface area contributed by atoms with Crippen molar-refractivity contribution in [1.29, 1.82) is 0 Å². The van der Waals surface area contributed by atoms with Crippen LogP contribution in [0.25, 0.3) is 11.0 Å². The molecule has 0 aliphatic carbocycles. The highest BCUT2D eigenvalue weighted by Gasteiger charge is 2.16. The molecular weight excluding hydrogens is 424 g/mol. The molecule has 0 bridgehead atoms. The van der Waals surface area contributed by atoms with Gasteiger partial charge in [-0.25, -0.2) is 4.98 Å². The van der Waals surface area contributed by atoms with Gasteiger partial charge < -0.3 is 14.6 Å². The molecule has 0 saturated carbocycles. The van der Waals surface area contributed by atoms with Gasteiger partial charge >= 0.3 is 0 Å². The van der Waals surface area contributed by atoms with E-state index in [1.807, 2.05) is 24.3 Å². The van der Waals surface area contributed by atoms with Gasteiger partial charge in [-0.05, 0) is 62.7 Å². The van der Waals surface area contributed by atoms with E-state index in [0.717, 1.165) is 49.5 Å². The largest absolute Gasteiger partial charge is 0.482 e. The second-order valence-corrected chi connectivity index (χ2v) is 8.75. The predicted molar refractivity (Wildman–Crippen MR) is 129 cm³/mol. The molecule has 7 heteroatoms. The van der Waals surface area contributed by atoms with Crippen molar-refractivity contribution in [3.63, 3.8) is 0 Å². The number of nitrogens with one attached hydrogen (secondary N) is 1. The fourth-order valence-electron chi connectivity index (χ4n) is 4.25. The average Bonchev–Trinajstić information content (AvgIpc) is 2.94. The summed E-state index contributed by atoms with van der Waals surface area (Å²) in [5.74, 6) is 1.37. The maximum atomic E-state index is 12.4. The Morgan fingerprint density at radius 2 is 1.91 bits per heavy atom. The van der Waals surface area contributed by atoms with Crippen LogP contribution in [0.1, 0.15) is 44.9 Å². The molecule has 1 aromatic heterocycles. The Morgan fingerprint density at radius 3 is 2.66 bits per heavy atom. The van der Waals surface area contributed by atoms with Crippen LogP contribution in [-0.2, 0) is 17.9 Å². The van der Waals surface area contributed by atoms with Crippen LogP contribution in [0, 0.1) is 0 Å². The zero-order valence-corrected chi connectivity index (χ0v) is 19.4. The Hall–Kier alpha value is -2.57. The first-order chi connectivity index (χ1) is 15.6. The van der Waals surface area contributed by atoms with Gasteiger partial charge in [0, 0.05) is 12.2 Å². The number of para-hydroxylation sites is 1. The topological polar surface area (TPSA) is 59.4 Å². The lowest BCUT2D eigenvalue weighted by Crippen LogP contribution is -2.26. The number of benzene rings is 2. The number of nitrogens with zero attached hydrogens (tertiary/aromatic N) is 3. The van der Waals surface area contributed by atoms with Crippen molar-refractivity contribution in [2.75, 3.05) is 25.0 Å². The van der Waals surface area contributed by atoms with E-state index in [1.165, 1.54) is 25.7 Å². The normalized spacial score (nSPS) is 14.9. The van der Waals surface area contributed by atoms with E-state index in [4.69, 9.17) is 21.3 Å². The summed E-state index contributed by atoms with van der Waals surface area (Å²) in [6.07, 6.45) is 6.23. The van der Waals surface area contributed by atoms with Gasteiger partial charge in [-0.3, -0.25) is 9.69 Å². The fraction of sp³-hybridized carbons (Fsp3) is 0.440. The Kier molecular flexibility index (Phi) is 7.66. The molecule has 0 spiro atoms. The third kappa shape index (κ3) is 5.61. The number of carbonyl (C=O) groups excluding carboxylic acids is 1. The first kappa shape index (κ1) is 22.6. The van der Waals surface area contributed by atoms with Gasteiger partial charge in [0.05, 0.1) is 22.6 Å². The summed E-state index contributed by atoms with van der Waals surface area (Å²) in [6, 6.07) is 13.0. The lowest BCUT2D eigenvalue weighted by Gasteiger charge is -2.20. The molecule has 0 unspecified atom stereocenters. The van der Waals surface area contributed by atoms with Crippen molar-refractivity contribution in [2.24, 2.45) is 0 Å². The molecule has 32 heavy (non-hydrogen) atoms. The first-order valence-corrected chi connectivity index (χ1v) is 11.9. The van der Waals surface area contributed by atoms with E-state index in [9.17, 15) is 4.79 Å². The Morgan fingerprint density at radius 1 is 1.12 bits per heavy atom. The van der Waals surface area contributed by atoms with Gasteiger partial charge in [-0.2, -0.15) is 0 Å². The molecule has 1 amide bonds. The van der Waals surface area contributed by atoms with Crippen LogP contribution in [0.3, 0.4) is 0 Å². The Bertz CT molecular complexity index is 1060. The zero-order chi connectivity index (χ0) is 22.3. The second kappa shape index (κ2) is 10.8. The number of rotatable bonds is 8. The molecule has 1 aliphatic heterocycles. The van der Waals surface area contributed by atoms with Gasteiger partial charge in [0.15, 0.2) is 6.61 Å². The van der Waals surface area contributed by atoms with Crippen molar-refractivity contribution < 1.29 is 9.53 Å². The summed E-state index contributed by atoms with van der Waals surface area (Å²) in [7, 11) is 0. The number of halogens is 1. The minimum absolute atomic E-state index is 0.105. The molecule has 170 valence electrons. The number of aryl methyl sites for hydroxylation is 1. The number of amides is 1. The van der Waals surface area contributed by atoms with Crippen molar-refractivity contribution in [2.45, 2.75) is 52.1 Å². The van der Waals surface area contributed by atoms with Crippen molar-refractivity contribution in [3.8, 4) is 5.75 Å². The number of fused-ring (bicyclic) bond motifs is 1. The number of likely N-dealkylation sites (tertiary alicyclic amines) is 1. The van der Waals surface area contributed by atoms with Crippen LogP contribution in [0.5, 0.6) is 5.75 Å². The van der Waals surface area contributed by atoms with Gasteiger partial charge in [-0.15, -0.1) is 0 Å². The monoisotopic (exact) mass is 454 g/mol. The lowest BCUT2D eigenvalue weighted by molar-refractivity contribution is -0.118. The number of anilines is 1. The number of carbonyl (C=O) groups is 1. The molecule has 1 saturated heterocycles.